The van der Waals surface area contributed by atoms with Crippen molar-refractivity contribution in [2.45, 2.75) is 52.5 Å². The molecule has 112 valence electrons. The van der Waals surface area contributed by atoms with Gasteiger partial charge in [0, 0.05) is 18.7 Å². The van der Waals surface area contributed by atoms with Crippen LogP contribution in [-0.4, -0.2) is 22.6 Å². The van der Waals surface area contributed by atoms with Crippen LogP contribution in [0.1, 0.15) is 46.5 Å². The summed E-state index contributed by atoms with van der Waals surface area (Å²) in [6.07, 6.45) is 4.83. The third-order valence-corrected chi connectivity index (χ3v) is 4.38. The van der Waals surface area contributed by atoms with E-state index in [2.05, 4.69) is 41.4 Å². The first-order chi connectivity index (χ1) is 9.63. The van der Waals surface area contributed by atoms with E-state index in [1.807, 2.05) is 6.07 Å². The third-order valence-electron chi connectivity index (χ3n) is 4.38. The average Bonchev–Trinajstić information content (AvgIpc) is 2.77. The third kappa shape index (κ3) is 3.52. The number of hydrogen-bond donors (Lipinski definition) is 3. The highest BCUT2D eigenvalue weighted by molar-refractivity contribution is 5.51. The number of nitrogens with zero attached hydrogens (tertiary/aromatic N) is 2. The molecule has 5 nitrogen and oxygen atoms in total. The van der Waals surface area contributed by atoms with Gasteiger partial charge in [-0.25, -0.2) is 0 Å². The Morgan fingerprint density at radius 3 is 2.65 bits per heavy atom. The first-order valence-electron chi connectivity index (χ1n) is 7.79. The summed E-state index contributed by atoms with van der Waals surface area (Å²) < 4.78 is 0. The number of hydrogen-bond acceptors (Lipinski definition) is 5. The van der Waals surface area contributed by atoms with Crippen LogP contribution in [0.3, 0.4) is 0 Å². The van der Waals surface area contributed by atoms with Crippen molar-refractivity contribution >= 4 is 17.6 Å². The smallest absolute Gasteiger partial charge is 0.223 e. The molecule has 0 bridgehead atoms. The maximum atomic E-state index is 5.79. The zero-order chi connectivity index (χ0) is 14.5. The molecule has 4 N–H and O–H groups in total. The summed E-state index contributed by atoms with van der Waals surface area (Å²) in [5.41, 5.74) is 5.79. The second-order valence-corrected chi connectivity index (χ2v) is 5.78. The van der Waals surface area contributed by atoms with Crippen LogP contribution in [0.4, 0.5) is 17.6 Å². The Hall–Kier alpha value is -1.52. The van der Waals surface area contributed by atoms with Gasteiger partial charge in [0.1, 0.15) is 11.6 Å². The fourth-order valence-electron chi connectivity index (χ4n) is 3.10. The molecule has 1 heterocycles. The Kier molecular flexibility index (Phi) is 5.04. The minimum atomic E-state index is 0.325. The summed E-state index contributed by atoms with van der Waals surface area (Å²) in [6.45, 7) is 7.63. The number of rotatable bonds is 6. The number of nitrogen functional groups attached to an aromatic ring is 1. The Morgan fingerprint density at radius 2 is 2.00 bits per heavy atom. The van der Waals surface area contributed by atoms with E-state index >= 15 is 0 Å². The molecule has 1 saturated carbocycles. The molecule has 20 heavy (non-hydrogen) atoms. The number of nitrogens with two attached hydrogens (primary N) is 1. The van der Waals surface area contributed by atoms with Crippen molar-refractivity contribution in [3.05, 3.63) is 6.07 Å². The lowest BCUT2D eigenvalue weighted by molar-refractivity contribution is 0.391. The molecule has 0 aliphatic heterocycles. The van der Waals surface area contributed by atoms with E-state index < -0.39 is 0 Å². The van der Waals surface area contributed by atoms with Crippen molar-refractivity contribution in [1.29, 1.82) is 0 Å². The normalized spacial score (nSPS) is 25.6. The number of nitrogens with one attached hydrogen (secondary N) is 2. The van der Waals surface area contributed by atoms with Gasteiger partial charge in [-0.05, 0) is 31.1 Å². The lowest BCUT2D eigenvalue weighted by atomic mass is 9.93. The van der Waals surface area contributed by atoms with E-state index in [-0.39, 0.29) is 0 Å². The predicted octanol–water partition coefficient (Wildman–Crippen LogP) is 3.12. The minimum Gasteiger partial charge on any atom is -0.370 e. The molecular formula is C15H27N5. The molecule has 5 heteroatoms. The lowest BCUT2D eigenvalue weighted by Gasteiger charge is -2.21. The highest BCUT2D eigenvalue weighted by atomic mass is 15.1. The van der Waals surface area contributed by atoms with Gasteiger partial charge in [-0.15, -0.1) is 0 Å². The van der Waals surface area contributed by atoms with Gasteiger partial charge in [-0.3, -0.25) is 0 Å². The molecule has 0 saturated heterocycles. The van der Waals surface area contributed by atoms with Gasteiger partial charge >= 0.3 is 0 Å². The summed E-state index contributed by atoms with van der Waals surface area (Å²) in [7, 11) is 0. The Labute approximate surface area is 121 Å². The standard InChI is InChI=1S/C15H27N5/c1-4-8-17-13-9-14(20-15(16)19-13)18-12-7-6-11(5-2)10(12)3/h9-12H,4-8H2,1-3H3,(H4,16,17,18,19,20). The van der Waals surface area contributed by atoms with Crippen molar-refractivity contribution in [2.75, 3.05) is 22.9 Å². The van der Waals surface area contributed by atoms with Crippen LogP contribution in [0.2, 0.25) is 0 Å². The van der Waals surface area contributed by atoms with Gasteiger partial charge in [-0.2, -0.15) is 9.97 Å². The first kappa shape index (κ1) is 14.9. The molecule has 1 aromatic heterocycles. The predicted molar refractivity (Wildman–Crippen MR) is 84.8 cm³/mol. The zero-order valence-corrected chi connectivity index (χ0v) is 12.8. The van der Waals surface area contributed by atoms with Crippen molar-refractivity contribution in [1.82, 2.24) is 9.97 Å². The fraction of sp³-hybridized carbons (Fsp3) is 0.733. The van der Waals surface area contributed by atoms with Gasteiger partial charge in [0.15, 0.2) is 0 Å². The molecular weight excluding hydrogens is 250 g/mol. The summed E-state index contributed by atoms with van der Waals surface area (Å²) in [5, 5.41) is 6.80. The van der Waals surface area contributed by atoms with Gasteiger partial charge in [-0.1, -0.05) is 27.2 Å². The maximum Gasteiger partial charge on any atom is 0.223 e. The highest BCUT2D eigenvalue weighted by Crippen LogP contribution is 2.35. The van der Waals surface area contributed by atoms with Gasteiger partial charge in [0.05, 0.1) is 0 Å². The molecule has 1 fully saturated rings. The largest absolute Gasteiger partial charge is 0.370 e. The highest BCUT2D eigenvalue weighted by Gasteiger charge is 2.31. The molecule has 3 unspecified atom stereocenters. The molecule has 3 atom stereocenters. The molecule has 2 rings (SSSR count). The Morgan fingerprint density at radius 1 is 1.25 bits per heavy atom. The Balaban J connectivity index is 2.03. The summed E-state index contributed by atoms with van der Waals surface area (Å²) >= 11 is 0. The Bertz CT molecular complexity index is 434. The van der Waals surface area contributed by atoms with Crippen LogP contribution in [0.15, 0.2) is 6.07 Å². The second-order valence-electron chi connectivity index (χ2n) is 5.78. The van der Waals surface area contributed by atoms with Crippen LogP contribution in [0.25, 0.3) is 0 Å². The quantitative estimate of drug-likeness (QED) is 0.745. The van der Waals surface area contributed by atoms with E-state index in [4.69, 9.17) is 5.73 Å². The van der Waals surface area contributed by atoms with Crippen LogP contribution in [0, 0.1) is 11.8 Å². The zero-order valence-electron chi connectivity index (χ0n) is 12.8. The van der Waals surface area contributed by atoms with E-state index in [0.717, 1.165) is 30.5 Å². The van der Waals surface area contributed by atoms with Crippen molar-refractivity contribution in [3.8, 4) is 0 Å². The minimum absolute atomic E-state index is 0.325. The van der Waals surface area contributed by atoms with E-state index in [0.29, 0.717) is 17.9 Å². The SMILES string of the molecule is CCCNc1cc(NC2CCC(CC)C2C)nc(N)n1. The molecule has 0 spiro atoms. The van der Waals surface area contributed by atoms with E-state index in [1.165, 1.54) is 19.3 Å². The molecule has 0 amide bonds. The summed E-state index contributed by atoms with van der Waals surface area (Å²) in [5.74, 6) is 3.48. The topological polar surface area (TPSA) is 75.9 Å². The molecule has 0 radical (unpaired) electrons. The van der Waals surface area contributed by atoms with Crippen LogP contribution >= 0.6 is 0 Å². The number of anilines is 3. The number of aromatic nitrogens is 2. The lowest BCUT2D eigenvalue weighted by Crippen LogP contribution is -2.25. The van der Waals surface area contributed by atoms with E-state index in [1.54, 1.807) is 0 Å². The molecule has 0 aromatic carbocycles. The molecule has 1 aliphatic carbocycles. The van der Waals surface area contributed by atoms with Crippen molar-refractivity contribution in [3.63, 3.8) is 0 Å². The average molecular weight is 277 g/mol. The van der Waals surface area contributed by atoms with Crippen LogP contribution in [0.5, 0.6) is 0 Å². The van der Waals surface area contributed by atoms with Crippen LogP contribution in [-0.2, 0) is 0 Å². The maximum absolute atomic E-state index is 5.79. The second kappa shape index (κ2) is 6.77. The van der Waals surface area contributed by atoms with Gasteiger partial charge in [0.2, 0.25) is 5.95 Å². The van der Waals surface area contributed by atoms with Crippen LogP contribution < -0.4 is 16.4 Å². The van der Waals surface area contributed by atoms with Gasteiger partial charge in [0.25, 0.3) is 0 Å². The van der Waals surface area contributed by atoms with Gasteiger partial charge < -0.3 is 16.4 Å². The van der Waals surface area contributed by atoms with Crippen molar-refractivity contribution in [2.24, 2.45) is 11.8 Å². The van der Waals surface area contributed by atoms with E-state index in [9.17, 15) is 0 Å². The monoisotopic (exact) mass is 277 g/mol. The fourth-order valence-corrected chi connectivity index (χ4v) is 3.10. The first-order valence-corrected chi connectivity index (χ1v) is 7.79. The summed E-state index contributed by atoms with van der Waals surface area (Å²) in [6, 6.07) is 2.45. The molecule has 1 aliphatic rings. The summed E-state index contributed by atoms with van der Waals surface area (Å²) in [4.78, 5) is 8.52. The van der Waals surface area contributed by atoms with Crippen molar-refractivity contribution < 1.29 is 0 Å². The molecule has 1 aromatic rings.